The Hall–Kier alpha value is -2.23. The lowest BCUT2D eigenvalue weighted by molar-refractivity contribution is 0.417. The molecule has 0 bridgehead atoms. The Morgan fingerprint density at radius 1 is 1.24 bits per heavy atom. The minimum atomic E-state index is -0.530. The van der Waals surface area contributed by atoms with Gasteiger partial charge in [-0.3, -0.25) is 4.98 Å². The van der Waals surface area contributed by atoms with Crippen LogP contribution in [0.1, 0.15) is 29.5 Å². The van der Waals surface area contributed by atoms with Crippen LogP contribution in [0.25, 0.3) is 0 Å². The number of nitrogens with zero attached hydrogens (tertiary/aromatic N) is 1. The first-order chi connectivity index (χ1) is 10.2. The highest BCUT2D eigenvalue weighted by molar-refractivity contribution is 5.60. The van der Waals surface area contributed by atoms with E-state index in [9.17, 15) is 8.78 Å². The Kier molecular flexibility index (Phi) is 2.77. The van der Waals surface area contributed by atoms with Gasteiger partial charge in [0.2, 0.25) is 0 Å². The lowest BCUT2D eigenvalue weighted by Crippen LogP contribution is -2.30. The number of rotatable bonds is 1. The third-order valence-electron chi connectivity index (χ3n) is 4.43. The number of halogens is 2. The summed E-state index contributed by atoms with van der Waals surface area (Å²) in [6.07, 6.45) is 8.58. The maximum atomic E-state index is 14.1. The largest absolute Gasteiger partial charge is 0.375 e. The molecule has 0 unspecified atom stereocenters. The van der Waals surface area contributed by atoms with Crippen LogP contribution in [0.5, 0.6) is 0 Å². The first-order valence-corrected chi connectivity index (χ1v) is 7.06. The molecule has 106 valence electrons. The minimum absolute atomic E-state index is 0.00818. The number of allylic oxidation sites excluding steroid dienone is 2. The highest BCUT2D eigenvalue weighted by Gasteiger charge is 2.39. The second kappa shape index (κ2) is 4.65. The van der Waals surface area contributed by atoms with Gasteiger partial charge >= 0.3 is 0 Å². The van der Waals surface area contributed by atoms with Crippen molar-refractivity contribution in [2.24, 2.45) is 5.92 Å². The number of fused-ring (bicyclic) bond motifs is 3. The molecular formula is C17H14F2N2. The van der Waals surface area contributed by atoms with E-state index in [1.807, 2.05) is 12.1 Å². The van der Waals surface area contributed by atoms with Gasteiger partial charge in [-0.25, -0.2) is 8.78 Å². The Morgan fingerprint density at radius 2 is 2.14 bits per heavy atom. The molecule has 1 aromatic heterocycles. The zero-order valence-electron chi connectivity index (χ0n) is 11.3. The van der Waals surface area contributed by atoms with E-state index in [1.54, 1.807) is 12.4 Å². The second-order valence-corrected chi connectivity index (χ2v) is 5.61. The summed E-state index contributed by atoms with van der Waals surface area (Å²) in [4.78, 5) is 4.15. The summed E-state index contributed by atoms with van der Waals surface area (Å²) in [5.74, 6) is -0.732. The van der Waals surface area contributed by atoms with Crippen LogP contribution in [0.15, 0.2) is 48.8 Å². The maximum Gasteiger partial charge on any atom is 0.149 e. The van der Waals surface area contributed by atoms with Crippen molar-refractivity contribution in [3.8, 4) is 0 Å². The predicted octanol–water partition coefficient (Wildman–Crippen LogP) is 4.19. The molecular weight excluding hydrogens is 270 g/mol. The normalized spacial score (nSPS) is 26.1. The SMILES string of the molecule is Fc1cc(F)c2c(c1)[C@H]1C=CC[C@H]1[C@@H](c1cccnc1)N2. The molecule has 0 saturated carbocycles. The van der Waals surface area contributed by atoms with Gasteiger partial charge in [-0.2, -0.15) is 0 Å². The van der Waals surface area contributed by atoms with Crippen LogP contribution < -0.4 is 5.32 Å². The van der Waals surface area contributed by atoms with Gasteiger partial charge in [0, 0.05) is 24.4 Å². The smallest absolute Gasteiger partial charge is 0.149 e. The van der Waals surface area contributed by atoms with Gasteiger partial charge in [0.15, 0.2) is 0 Å². The third kappa shape index (κ3) is 1.94. The summed E-state index contributed by atoms with van der Waals surface area (Å²) in [7, 11) is 0. The molecule has 1 aliphatic carbocycles. The Bertz CT molecular complexity index is 712. The molecule has 0 amide bonds. The second-order valence-electron chi connectivity index (χ2n) is 5.61. The summed E-state index contributed by atoms with van der Waals surface area (Å²) in [5, 5.41) is 3.26. The van der Waals surface area contributed by atoms with E-state index < -0.39 is 11.6 Å². The van der Waals surface area contributed by atoms with Crippen LogP contribution in [-0.2, 0) is 0 Å². The van der Waals surface area contributed by atoms with Crippen LogP contribution in [-0.4, -0.2) is 4.98 Å². The predicted molar refractivity (Wildman–Crippen MR) is 76.9 cm³/mol. The fourth-order valence-electron chi connectivity index (χ4n) is 3.51. The van der Waals surface area contributed by atoms with Gasteiger partial charge in [-0.1, -0.05) is 18.2 Å². The summed E-state index contributed by atoms with van der Waals surface area (Å²) in [5.41, 5.74) is 2.16. The molecule has 2 heterocycles. The molecule has 3 atom stereocenters. The van der Waals surface area contributed by atoms with E-state index >= 15 is 0 Å². The van der Waals surface area contributed by atoms with Crippen molar-refractivity contribution in [1.29, 1.82) is 0 Å². The number of anilines is 1. The van der Waals surface area contributed by atoms with Crippen LogP contribution in [0.2, 0.25) is 0 Å². The quantitative estimate of drug-likeness (QED) is 0.794. The van der Waals surface area contributed by atoms with Gasteiger partial charge in [-0.15, -0.1) is 0 Å². The molecule has 2 aliphatic rings. The molecule has 21 heavy (non-hydrogen) atoms. The fourth-order valence-corrected chi connectivity index (χ4v) is 3.51. The van der Waals surface area contributed by atoms with Crippen LogP contribution >= 0.6 is 0 Å². The number of aromatic nitrogens is 1. The Balaban J connectivity index is 1.84. The van der Waals surface area contributed by atoms with Crippen LogP contribution in [0, 0.1) is 17.6 Å². The van der Waals surface area contributed by atoms with Crippen LogP contribution in [0.4, 0.5) is 14.5 Å². The maximum absolute atomic E-state index is 14.1. The summed E-state index contributed by atoms with van der Waals surface area (Å²) < 4.78 is 27.7. The highest BCUT2D eigenvalue weighted by atomic mass is 19.1. The van der Waals surface area contributed by atoms with E-state index in [-0.39, 0.29) is 17.9 Å². The van der Waals surface area contributed by atoms with E-state index in [2.05, 4.69) is 22.5 Å². The molecule has 2 nitrogen and oxygen atoms in total. The Labute approximate surface area is 121 Å². The minimum Gasteiger partial charge on any atom is -0.375 e. The van der Waals surface area contributed by atoms with Gasteiger partial charge < -0.3 is 5.32 Å². The molecule has 0 radical (unpaired) electrons. The molecule has 1 aliphatic heterocycles. The molecule has 0 fully saturated rings. The van der Waals surface area contributed by atoms with Crippen molar-refractivity contribution in [1.82, 2.24) is 4.98 Å². The molecule has 0 spiro atoms. The van der Waals surface area contributed by atoms with Crippen molar-refractivity contribution in [2.45, 2.75) is 18.4 Å². The van der Waals surface area contributed by atoms with Gasteiger partial charge in [-0.05, 0) is 35.6 Å². The summed E-state index contributed by atoms with van der Waals surface area (Å²) >= 11 is 0. The lowest BCUT2D eigenvalue weighted by Gasteiger charge is -2.37. The molecule has 2 aromatic rings. The van der Waals surface area contributed by atoms with Crippen molar-refractivity contribution in [3.63, 3.8) is 0 Å². The number of pyridine rings is 1. The highest BCUT2D eigenvalue weighted by Crippen LogP contribution is 2.50. The van der Waals surface area contributed by atoms with E-state index in [1.165, 1.54) is 6.07 Å². The van der Waals surface area contributed by atoms with Crippen LogP contribution in [0.3, 0.4) is 0 Å². The Morgan fingerprint density at radius 3 is 2.95 bits per heavy atom. The molecule has 1 N–H and O–H groups in total. The number of hydrogen-bond acceptors (Lipinski definition) is 2. The summed E-state index contributed by atoms with van der Waals surface area (Å²) in [6.45, 7) is 0. The number of nitrogens with one attached hydrogen (secondary N) is 1. The molecule has 0 saturated heterocycles. The zero-order chi connectivity index (χ0) is 14.4. The summed E-state index contributed by atoms with van der Waals surface area (Å²) in [6, 6.07) is 6.24. The molecule has 4 rings (SSSR count). The van der Waals surface area contributed by atoms with Gasteiger partial charge in [0.05, 0.1) is 11.7 Å². The average molecular weight is 284 g/mol. The average Bonchev–Trinajstić information content (AvgIpc) is 2.97. The first kappa shape index (κ1) is 12.5. The van der Waals surface area contributed by atoms with Crippen molar-refractivity contribution in [3.05, 3.63) is 71.6 Å². The number of benzene rings is 1. The topological polar surface area (TPSA) is 24.9 Å². The van der Waals surface area contributed by atoms with Gasteiger partial charge in [0.25, 0.3) is 0 Å². The molecule has 1 aromatic carbocycles. The van der Waals surface area contributed by atoms with Gasteiger partial charge in [0.1, 0.15) is 11.6 Å². The first-order valence-electron chi connectivity index (χ1n) is 7.06. The van der Waals surface area contributed by atoms with Crippen molar-refractivity contribution in [2.75, 3.05) is 5.32 Å². The zero-order valence-corrected chi connectivity index (χ0v) is 11.3. The van der Waals surface area contributed by atoms with E-state index in [4.69, 9.17) is 0 Å². The third-order valence-corrected chi connectivity index (χ3v) is 4.43. The lowest BCUT2D eigenvalue weighted by atomic mass is 9.77. The standard InChI is InChI=1S/C17H14F2N2/c18-11-7-14-12-4-1-5-13(12)16(10-3-2-6-20-9-10)21-17(14)15(19)8-11/h1-4,6-9,12-13,16,21H,5H2/t12-,13+,16+/m0/s1. The van der Waals surface area contributed by atoms with Crippen molar-refractivity contribution < 1.29 is 8.78 Å². The number of hydrogen-bond donors (Lipinski definition) is 1. The van der Waals surface area contributed by atoms with Crippen molar-refractivity contribution >= 4 is 5.69 Å². The van der Waals surface area contributed by atoms with E-state index in [0.29, 0.717) is 11.3 Å². The molecule has 4 heteroatoms. The monoisotopic (exact) mass is 284 g/mol. The fraction of sp³-hybridized carbons (Fsp3) is 0.235. The van der Waals surface area contributed by atoms with E-state index in [0.717, 1.165) is 18.1 Å².